The molecule has 0 aliphatic carbocycles. The van der Waals surface area contributed by atoms with Gasteiger partial charge in [0.15, 0.2) is 15.7 Å². The molecule has 0 aliphatic rings. The van der Waals surface area contributed by atoms with Crippen molar-refractivity contribution in [1.29, 1.82) is 0 Å². The summed E-state index contributed by atoms with van der Waals surface area (Å²) in [5.41, 5.74) is 0. The van der Waals surface area contributed by atoms with Crippen LogP contribution in [0.25, 0.3) is 0 Å². The van der Waals surface area contributed by atoms with Gasteiger partial charge in [0.2, 0.25) is 0 Å². The predicted octanol–water partition coefficient (Wildman–Crippen LogP) is 0.807. The van der Waals surface area contributed by atoms with Gasteiger partial charge in [0, 0.05) is 11.6 Å². The largest absolute Gasteiger partial charge is 0.392 e. The fourth-order valence-electron chi connectivity index (χ4n) is 1.62. The summed E-state index contributed by atoms with van der Waals surface area (Å²) < 4.78 is 29.1. The summed E-state index contributed by atoms with van der Waals surface area (Å²) >= 11 is 5.72. The third kappa shape index (κ3) is 4.75. The quantitative estimate of drug-likeness (QED) is 0.782. The van der Waals surface area contributed by atoms with E-state index in [0.717, 1.165) is 0 Å². The molecule has 0 aliphatic heterocycles. The minimum Gasteiger partial charge on any atom is -0.392 e. The Morgan fingerprint density at radius 2 is 2.04 bits per heavy atom. The predicted molar refractivity (Wildman–Crippen MR) is 80.7 cm³/mol. The number of halogens is 1. The van der Waals surface area contributed by atoms with Crippen LogP contribution in [0.4, 0.5) is 0 Å². The van der Waals surface area contributed by atoms with Gasteiger partial charge >= 0.3 is 11.8 Å². The Kier molecular flexibility index (Phi) is 5.34. The number of aliphatic hydroxyl groups excluding tert-OH is 1. The van der Waals surface area contributed by atoms with E-state index >= 15 is 0 Å². The van der Waals surface area contributed by atoms with Crippen LogP contribution in [0.1, 0.15) is 23.4 Å². The molecule has 2 N–H and O–H groups in total. The Morgan fingerprint density at radius 3 is 2.65 bits per heavy atom. The molecule has 1 amide bonds. The minimum atomic E-state index is -3.68. The lowest BCUT2D eigenvalue weighted by atomic mass is 10.4. The molecule has 1 unspecified atom stereocenters. The second kappa shape index (κ2) is 7.07. The number of carbonyl (C=O) groups excluding carboxylic acids is 1. The molecule has 23 heavy (non-hydrogen) atoms. The van der Waals surface area contributed by atoms with Gasteiger partial charge < -0.3 is 14.9 Å². The van der Waals surface area contributed by atoms with Crippen LogP contribution in [0.5, 0.6) is 0 Å². The van der Waals surface area contributed by atoms with E-state index in [0.29, 0.717) is 5.02 Å². The Labute approximate surface area is 137 Å². The van der Waals surface area contributed by atoms with Gasteiger partial charge in [-0.3, -0.25) is 4.79 Å². The standard InChI is InChI=1S/C13H14ClN3O5S/c1-8(18)6-15-12(19)13-16-11(17-22-13)7-23(20,21)10-4-2-9(14)3-5-10/h2-5,8,18H,6-7H2,1H3,(H,15,19). The zero-order chi connectivity index (χ0) is 17.0. The molecular formula is C13H14ClN3O5S. The summed E-state index contributed by atoms with van der Waals surface area (Å²) in [5, 5.41) is 15.3. The van der Waals surface area contributed by atoms with Gasteiger partial charge in [-0.1, -0.05) is 16.8 Å². The number of aromatic nitrogens is 2. The summed E-state index contributed by atoms with van der Waals surface area (Å²) in [5.74, 6) is -1.70. The molecule has 10 heteroatoms. The summed E-state index contributed by atoms with van der Waals surface area (Å²) in [7, 11) is -3.68. The summed E-state index contributed by atoms with van der Waals surface area (Å²) in [6, 6.07) is 5.65. The molecular weight excluding hydrogens is 346 g/mol. The number of hydrogen-bond acceptors (Lipinski definition) is 7. The monoisotopic (exact) mass is 359 g/mol. The molecule has 1 heterocycles. The van der Waals surface area contributed by atoms with Crippen molar-refractivity contribution in [2.45, 2.75) is 23.7 Å². The van der Waals surface area contributed by atoms with E-state index in [-0.39, 0.29) is 23.2 Å². The highest BCUT2D eigenvalue weighted by atomic mass is 35.5. The molecule has 0 radical (unpaired) electrons. The van der Waals surface area contributed by atoms with Crippen LogP contribution in [-0.2, 0) is 15.6 Å². The van der Waals surface area contributed by atoms with Gasteiger partial charge in [-0.25, -0.2) is 8.42 Å². The Hall–Kier alpha value is -1.97. The first-order chi connectivity index (χ1) is 10.8. The van der Waals surface area contributed by atoms with Gasteiger partial charge in [0.25, 0.3) is 0 Å². The molecule has 0 fully saturated rings. The number of benzene rings is 1. The molecule has 0 spiro atoms. The van der Waals surface area contributed by atoms with Crippen molar-refractivity contribution in [2.75, 3.05) is 6.54 Å². The second-order valence-electron chi connectivity index (χ2n) is 4.79. The van der Waals surface area contributed by atoms with Crippen LogP contribution in [0.15, 0.2) is 33.7 Å². The van der Waals surface area contributed by atoms with Crippen LogP contribution < -0.4 is 5.32 Å². The molecule has 2 aromatic rings. The Bertz CT molecular complexity index is 786. The summed E-state index contributed by atoms with van der Waals surface area (Å²) in [6.45, 7) is 1.51. The fourth-order valence-corrected chi connectivity index (χ4v) is 2.92. The minimum absolute atomic E-state index is 0.0135. The Morgan fingerprint density at radius 1 is 1.39 bits per heavy atom. The second-order valence-corrected chi connectivity index (χ2v) is 7.21. The van der Waals surface area contributed by atoms with E-state index in [1.165, 1.54) is 31.2 Å². The van der Waals surface area contributed by atoms with Crippen LogP contribution in [0.2, 0.25) is 5.02 Å². The van der Waals surface area contributed by atoms with Crippen LogP contribution in [0, 0.1) is 0 Å². The van der Waals surface area contributed by atoms with Crippen molar-refractivity contribution in [2.24, 2.45) is 0 Å². The SMILES string of the molecule is CC(O)CNC(=O)c1nc(CS(=O)(=O)c2ccc(Cl)cc2)no1. The van der Waals surface area contributed by atoms with Crippen LogP contribution in [-0.4, -0.2) is 42.2 Å². The molecule has 1 atom stereocenters. The summed E-state index contributed by atoms with van der Waals surface area (Å²) in [6.07, 6.45) is -0.730. The van der Waals surface area contributed by atoms with E-state index in [2.05, 4.69) is 15.5 Å². The molecule has 2 rings (SSSR count). The zero-order valence-electron chi connectivity index (χ0n) is 12.1. The first-order valence-electron chi connectivity index (χ1n) is 6.55. The van der Waals surface area contributed by atoms with Crippen molar-refractivity contribution >= 4 is 27.3 Å². The topological polar surface area (TPSA) is 122 Å². The van der Waals surface area contributed by atoms with E-state index < -0.39 is 27.6 Å². The molecule has 0 saturated heterocycles. The smallest absolute Gasteiger partial charge is 0.315 e. The van der Waals surface area contributed by atoms with Gasteiger partial charge in [0.05, 0.1) is 11.0 Å². The highest BCUT2D eigenvalue weighted by Gasteiger charge is 2.21. The first-order valence-corrected chi connectivity index (χ1v) is 8.58. The Balaban J connectivity index is 2.09. The van der Waals surface area contributed by atoms with Gasteiger partial charge in [-0.15, -0.1) is 0 Å². The lowest BCUT2D eigenvalue weighted by molar-refractivity contribution is 0.0880. The zero-order valence-corrected chi connectivity index (χ0v) is 13.6. The fraction of sp³-hybridized carbons (Fsp3) is 0.308. The van der Waals surface area contributed by atoms with E-state index in [1.54, 1.807) is 0 Å². The average Bonchev–Trinajstić information content (AvgIpc) is 2.93. The van der Waals surface area contributed by atoms with Crippen molar-refractivity contribution < 1.29 is 22.8 Å². The van der Waals surface area contributed by atoms with E-state index in [1.807, 2.05) is 0 Å². The number of carbonyl (C=O) groups is 1. The highest BCUT2D eigenvalue weighted by molar-refractivity contribution is 7.90. The van der Waals surface area contributed by atoms with Crippen LogP contribution >= 0.6 is 11.6 Å². The first kappa shape index (κ1) is 17.4. The molecule has 1 aromatic heterocycles. The highest BCUT2D eigenvalue weighted by Crippen LogP contribution is 2.18. The maximum atomic E-state index is 12.2. The molecule has 124 valence electrons. The van der Waals surface area contributed by atoms with E-state index in [9.17, 15) is 13.2 Å². The van der Waals surface area contributed by atoms with Crippen LogP contribution in [0.3, 0.4) is 0 Å². The number of sulfone groups is 1. The van der Waals surface area contributed by atoms with Gasteiger partial charge in [0.1, 0.15) is 5.75 Å². The van der Waals surface area contributed by atoms with Gasteiger partial charge in [-0.2, -0.15) is 4.98 Å². The maximum Gasteiger partial charge on any atom is 0.315 e. The lowest BCUT2D eigenvalue weighted by Crippen LogP contribution is -2.30. The lowest BCUT2D eigenvalue weighted by Gasteiger charge is -2.03. The number of amides is 1. The number of nitrogens with zero attached hydrogens (tertiary/aromatic N) is 2. The number of hydrogen-bond donors (Lipinski definition) is 2. The molecule has 0 saturated carbocycles. The molecule has 0 bridgehead atoms. The number of nitrogens with one attached hydrogen (secondary N) is 1. The molecule has 8 nitrogen and oxygen atoms in total. The van der Waals surface area contributed by atoms with Crippen molar-refractivity contribution in [3.05, 3.63) is 41.0 Å². The molecule has 1 aromatic carbocycles. The van der Waals surface area contributed by atoms with Crippen molar-refractivity contribution in [1.82, 2.24) is 15.5 Å². The van der Waals surface area contributed by atoms with Crippen molar-refractivity contribution in [3.63, 3.8) is 0 Å². The number of rotatable bonds is 6. The van der Waals surface area contributed by atoms with Crippen molar-refractivity contribution in [3.8, 4) is 0 Å². The number of aliphatic hydroxyl groups is 1. The average molecular weight is 360 g/mol. The van der Waals surface area contributed by atoms with E-state index in [4.69, 9.17) is 21.2 Å². The third-order valence-electron chi connectivity index (χ3n) is 2.71. The van der Waals surface area contributed by atoms with Gasteiger partial charge in [-0.05, 0) is 31.2 Å². The normalized spacial score (nSPS) is 12.8. The maximum absolute atomic E-state index is 12.2. The summed E-state index contributed by atoms with van der Waals surface area (Å²) in [4.78, 5) is 15.5. The third-order valence-corrected chi connectivity index (χ3v) is 4.59.